The topological polar surface area (TPSA) is 121 Å². The van der Waals surface area contributed by atoms with E-state index in [4.69, 9.17) is 29.1 Å². The zero-order chi connectivity index (χ0) is 7.15. The van der Waals surface area contributed by atoms with E-state index in [1.165, 1.54) is 0 Å². The molecule has 0 saturated carbocycles. The molecule has 0 aliphatic heterocycles. The third-order valence-corrected chi connectivity index (χ3v) is 0. The van der Waals surface area contributed by atoms with Crippen LogP contribution in [0, 0.1) is 0 Å². The van der Waals surface area contributed by atoms with Crippen LogP contribution < -0.4 is 69.3 Å². The second-order valence-electron chi connectivity index (χ2n) is 0.533. The monoisotopic (exact) mass is 310 g/mol. The summed E-state index contributed by atoms with van der Waals surface area (Å²) in [5, 5.41) is 16.7. The van der Waals surface area contributed by atoms with Gasteiger partial charge >= 0.3 is 181 Å². The minimum absolute atomic E-state index is 0. The first-order chi connectivity index (χ1) is 3.46. The van der Waals surface area contributed by atoms with Crippen molar-refractivity contribution < 1.29 is 88.2 Å². The molecular weight excluding hydrogens is 302 g/mol. The maximum Gasteiger partial charge on any atom is 1.00 e. The van der Waals surface area contributed by atoms with Gasteiger partial charge in [0.15, 0.2) is 0 Å². The first kappa shape index (κ1) is 43.1. The van der Waals surface area contributed by atoms with Gasteiger partial charge in [0.1, 0.15) is 0 Å². The number of carbonyl (C=O) groups excluding carboxylic acids is 1. The van der Waals surface area contributed by atoms with Crippen LogP contribution in [-0.4, -0.2) is 138 Å². The van der Waals surface area contributed by atoms with E-state index in [0.29, 0.717) is 0 Å². The molecule has 60 valence electrons. The van der Waals surface area contributed by atoms with Gasteiger partial charge in [-0.1, -0.05) is 0 Å². The van der Waals surface area contributed by atoms with Crippen LogP contribution in [0.1, 0.15) is 0 Å². The van der Waals surface area contributed by atoms with Gasteiger partial charge in [0.2, 0.25) is 0 Å². The Kier molecular flexibility index (Phi) is 119. The molecule has 6 nitrogen and oxygen atoms in total. The molecule has 0 bridgehead atoms. The van der Waals surface area contributed by atoms with Crippen molar-refractivity contribution in [2.45, 2.75) is 0 Å². The predicted octanol–water partition coefficient (Wildman–Crippen LogP) is -12.8. The van der Waals surface area contributed by atoms with Crippen molar-refractivity contribution in [3.05, 3.63) is 0 Å². The van der Waals surface area contributed by atoms with Gasteiger partial charge < -0.3 is 24.6 Å². The standard InChI is InChI=1S/CH2O3.3Ca.2Na.H2O3Si.6H/c2-1(3)4;;;;;;1-4(2)3;;;;;;/h(H2,2,3,4);;;;;;1-2H;;;;;;/q;;;;2*+1;;;;;;;/p-2. The fourth-order valence-electron chi connectivity index (χ4n) is 0. The number of carboxylic acid groups (broad SMARTS) is 2. The third-order valence-electron chi connectivity index (χ3n) is 0. The molecule has 0 aromatic rings. The normalized spacial score (nSPS) is 3.69. The molecule has 0 aliphatic carbocycles. The van der Waals surface area contributed by atoms with E-state index in [9.17, 15) is 0 Å². The Morgan fingerprint density at radius 3 is 1.00 bits per heavy atom. The van der Waals surface area contributed by atoms with Crippen LogP contribution in [0.3, 0.4) is 0 Å². The summed E-state index contributed by atoms with van der Waals surface area (Å²) in [6.07, 6.45) is -2.33. The fraction of sp³-hybridized carbons (Fsp3) is 0. The van der Waals surface area contributed by atoms with E-state index < -0.39 is 15.3 Å². The van der Waals surface area contributed by atoms with Crippen LogP contribution >= 0.6 is 0 Å². The van der Waals surface area contributed by atoms with Gasteiger partial charge in [0, 0.05) is 0 Å². The van der Waals surface area contributed by atoms with E-state index in [1.54, 1.807) is 0 Å². The molecule has 0 unspecified atom stereocenters. The molecule has 0 aromatic carbocycles. The van der Waals surface area contributed by atoms with Crippen LogP contribution in [0.2, 0.25) is 0 Å². The van der Waals surface area contributed by atoms with Crippen molar-refractivity contribution in [2.75, 3.05) is 0 Å². The van der Waals surface area contributed by atoms with Gasteiger partial charge in [-0.25, -0.2) is 0 Å². The fourth-order valence-corrected chi connectivity index (χ4v) is 0. The van der Waals surface area contributed by atoms with Crippen molar-refractivity contribution in [1.29, 1.82) is 0 Å². The first-order valence-corrected chi connectivity index (χ1v) is 2.57. The summed E-state index contributed by atoms with van der Waals surface area (Å²) in [7, 11) is -3.13. The average Bonchev–Trinajstić information content (AvgIpc) is 1.25. The summed E-state index contributed by atoms with van der Waals surface area (Å²) < 4.78 is 8.74. The Hall–Kier alpha value is 4.67. The second kappa shape index (κ2) is 36.0. The van der Waals surface area contributed by atoms with E-state index in [-0.39, 0.29) is 172 Å². The Morgan fingerprint density at radius 2 is 1.00 bits per heavy atom. The summed E-state index contributed by atoms with van der Waals surface area (Å²) in [5.41, 5.74) is 0. The minimum atomic E-state index is -3.13. The van der Waals surface area contributed by atoms with Crippen LogP contribution in [-0.2, 0) is 4.46 Å². The summed E-state index contributed by atoms with van der Waals surface area (Å²) in [6, 6.07) is 0. The van der Waals surface area contributed by atoms with Crippen molar-refractivity contribution >= 4 is 129 Å². The number of hydrogen-bond donors (Lipinski definition) is 2. The molecule has 2 N–H and O–H groups in total. The second-order valence-corrected chi connectivity index (χ2v) is 1.10. The molecule has 0 saturated heterocycles. The zero-order valence-corrected chi connectivity index (χ0v) is 10.5. The molecule has 0 atom stereocenters. The van der Waals surface area contributed by atoms with Crippen LogP contribution in [0.25, 0.3) is 0 Å². The van der Waals surface area contributed by atoms with Gasteiger partial charge in [-0.3, -0.25) is 4.46 Å². The molecule has 13 heavy (non-hydrogen) atoms. The van der Waals surface area contributed by atoms with Crippen LogP contribution in [0.15, 0.2) is 0 Å². The Labute approximate surface area is 211 Å². The minimum Gasteiger partial charge on any atom is 1.00 e. The quantitative estimate of drug-likeness (QED) is 0.429. The van der Waals surface area contributed by atoms with Crippen molar-refractivity contribution in [1.82, 2.24) is 0 Å². The molecule has 0 spiro atoms. The van der Waals surface area contributed by atoms with Crippen LogP contribution in [0.4, 0.5) is 4.79 Å². The molecule has 0 amide bonds. The molecule has 0 aliphatic rings. The number of rotatable bonds is 0. The Morgan fingerprint density at radius 1 is 1.00 bits per heavy atom. The predicted molar refractivity (Wildman–Crippen MR) is 41.9 cm³/mol. The zero-order valence-electron chi connectivity index (χ0n) is 5.53. The van der Waals surface area contributed by atoms with Crippen molar-refractivity contribution in [3.63, 3.8) is 0 Å². The molecule has 0 rings (SSSR count). The van der Waals surface area contributed by atoms with E-state index in [1.807, 2.05) is 0 Å². The third kappa shape index (κ3) is 165. The average molecular weight is 310 g/mol. The Balaban J connectivity index is -0.00000000800. The first-order valence-electron chi connectivity index (χ1n) is 1.26. The van der Waals surface area contributed by atoms with E-state index >= 15 is 0 Å². The van der Waals surface area contributed by atoms with Crippen LogP contribution in [0.5, 0.6) is 0 Å². The van der Waals surface area contributed by atoms with Crippen molar-refractivity contribution in [3.8, 4) is 0 Å². The molecule has 0 fully saturated rings. The van der Waals surface area contributed by atoms with Crippen molar-refractivity contribution in [2.24, 2.45) is 0 Å². The molecule has 0 heterocycles. The summed E-state index contributed by atoms with van der Waals surface area (Å²) >= 11 is 0. The van der Waals surface area contributed by atoms with Gasteiger partial charge in [-0.15, -0.1) is 0 Å². The van der Waals surface area contributed by atoms with Gasteiger partial charge in [0.25, 0.3) is 0 Å². The van der Waals surface area contributed by atoms with E-state index in [2.05, 4.69) is 0 Å². The summed E-state index contributed by atoms with van der Waals surface area (Å²) in [6.45, 7) is 0. The van der Waals surface area contributed by atoms with Gasteiger partial charge in [-0.05, 0) is 6.16 Å². The summed E-state index contributed by atoms with van der Waals surface area (Å²) in [5.74, 6) is 0. The van der Waals surface area contributed by atoms with Gasteiger partial charge in [-0.2, -0.15) is 0 Å². The summed E-state index contributed by atoms with van der Waals surface area (Å²) in [4.78, 5) is 22.6. The Bertz CT molecular complexity index is 83.9. The van der Waals surface area contributed by atoms with E-state index in [0.717, 1.165) is 0 Å². The van der Waals surface area contributed by atoms with Gasteiger partial charge in [0.05, 0.1) is 0 Å². The number of carbonyl (C=O) groups is 1. The number of hydrogen-bond acceptors (Lipinski definition) is 4. The maximum atomic E-state index is 8.74. The molecule has 12 heteroatoms. The maximum absolute atomic E-state index is 8.74. The smallest absolute Gasteiger partial charge is 1.00 e. The SMILES string of the molecule is O=C([O-])[O-].O=[Si](O)O.[CaH2].[CaH2].[CaH2].[Na+].[Na+]. The molecule has 0 radical (unpaired) electrons. The largest absolute Gasteiger partial charge is 1.00 e. The molecular formula is CH8Ca3Na2O6Si. The molecule has 0 aromatic heterocycles.